The first-order chi connectivity index (χ1) is 6.79. The Kier molecular flexibility index (Phi) is 2.50. The van der Waals surface area contributed by atoms with E-state index in [0.717, 1.165) is 23.5 Å². The van der Waals surface area contributed by atoms with E-state index in [2.05, 4.69) is 0 Å². The summed E-state index contributed by atoms with van der Waals surface area (Å²) in [6.07, 6.45) is 2.15. The molecule has 0 spiro atoms. The molecule has 1 saturated heterocycles. The molecule has 3 nitrogen and oxygen atoms in total. The SMILES string of the molecule is O=C1CCC[C@H](c2ccccc2)N1O. The van der Waals surface area contributed by atoms with Crippen LogP contribution in [0.1, 0.15) is 30.9 Å². The van der Waals surface area contributed by atoms with Gasteiger partial charge in [0.05, 0.1) is 6.04 Å². The monoisotopic (exact) mass is 191 g/mol. The van der Waals surface area contributed by atoms with Crippen molar-refractivity contribution in [2.75, 3.05) is 0 Å². The Hall–Kier alpha value is -1.35. The number of piperidine rings is 1. The molecule has 1 amide bonds. The zero-order chi connectivity index (χ0) is 9.97. The van der Waals surface area contributed by atoms with Crippen LogP contribution >= 0.6 is 0 Å². The van der Waals surface area contributed by atoms with E-state index >= 15 is 0 Å². The molecule has 0 bridgehead atoms. The van der Waals surface area contributed by atoms with Crippen molar-refractivity contribution < 1.29 is 10.0 Å². The fourth-order valence-electron chi connectivity index (χ4n) is 1.84. The van der Waals surface area contributed by atoms with Gasteiger partial charge in [-0.15, -0.1) is 0 Å². The van der Waals surface area contributed by atoms with E-state index in [9.17, 15) is 10.0 Å². The second kappa shape index (κ2) is 3.80. The molecule has 14 heavy (non-hydrogen) atoms. The third kappa shape index (κ3) is 1.63. The number of carbonyl (C=O) groups is 1. The van der Waals surface area contributed by atoms with Crippen molar-refractivity contribution in [2.24, 2.45) is 0 Å². The van der Waals surface area contributed by atoms with E-state index in [0.29, 0.717) is 6.42 Å². The number of hydroxylamine groups is 2. The number of hydrogen-bond donors (Lipinski definition) is 1. The Morgan fingerprint density at radius 1 is 1.29 bits per heavy atom. The molecule has 1 atom stereocenters. The number of benzene rings is 1. The second-order valence-electron chi connectivity index (χ2n) is 3.56. The number of nitrogens with zero attached hydrogens (tertiary/aromatic N) is 1. The first-order valence-electron chi connectivity index (χ1n) is 4.85. The normalized spacial score (nSPS) is 22.5. The van der Waals surface area contributed by atoms with Gasteiger partial charge in [-0.3, -0.25) is 10.0 Å². The van der Waals surface area contributed by atoms with Crippen molar-refractivity contribution in [2.45, 2.75) is 25.3 Å². The Morgan fingerprint density at radius 2 is 2.00 bits per heavy atom. The molecule has 3 heteroatoms. The fourth-order valence-corrected chi connectivity index (χ4v) is 1.84. The van der Waals surface area contributed by atoms with Gasteiger partial charge >= 0.3 is 0 Å². The lowest BCUT2D eigenvalue weighted by Crippen LogP contribution is -2.35. The summed E-state index contributed by atoms with van der Waals surface area (Å²) in [5.74, 6) is -0.176. The molecule has 1 heterocycles. The summed E-state index contributed by atoms with van der Waals surface area (Å²) in [5, 5.41) is 10.4. The van der Waals surface area contributed by atoms with Gasteiger partial charge in [0.15, 0.2) is 0 Å². The summed E-state index contributed by atoms with van der Waals surface area (Å²) >= 11 is 0. The maximum atomic E-state index is 11.3. The zero-order valence-corrected chi connectivity index (χ0v) is 7.89. The average molecular weight is 191 g/mol. The molecule has 0 radical (unpaired) electrons. The minimum Gasteiger partial charge on any atom is -0.285 e. The van der Waals surface area contributed by atoms with Crippen LogP contribution in [-0.2, 0) is 4.79 Å². The Balaban J connectivity index is 2.22. The predicted octanol–water partition coefficient (Wildman–Crippen LogP) is 2.13. The lowest BCUT2D eigenvalue weighted by atomic mass is 9.97. The van der Waals surface area contributed by atoms with E-state index < -0.39 is 0 Å². The molecular formula is C11H13NO2. The summed E-state index contributed by atoms with van der Waals surface area (Å²) in [4.78, 5) is 11.3. The average Bonchev–Trinajstić information content (AvgIpc) is 2.23. The molecule has 0 aromatic heterocycles. The van der Waals surface area contributed by atoms with Crippen LogP contribution in [0.25, 0.3) is 0 Å². The van der Waals surface area contributed by atoms with Gasteiger partial charge in [-0.1, -0.05) is 30.3 Å². The molecule has 0 saturated carbocycles. The number of amides is 1. The second-order valence-corrected chi connectivity index (χ2v) is 3.56. The largest absolute Gasteiger partial charge is 0.285 e. The third-order valence-corrected chi connectivity index (χ3v) is 2.60. The maximum absolute atomic E-state index is 11.3. The molecule has 0 unspecified atom stereocenters. The molecule has 1 aromatic rings. The van der Waals surface area contributed by atoms with Crippen molar-refractivity contribution in [3.8, 4) is 0 Å². The molecule has 0 aliphatic carbocycles. The van der Waals surface area contributed by atoms with Crippen molar-refractivity contribution in [1.29, 1.82) is 0 Å². The number of hydrogen-bond acceptors (Lipinski definition) is 2. The van der Waals surface area contributed by atoms with Crippen LogP contribution in [-0.4, -0.2) is 16.2 Å². The first-order valence-corrected chi connectivity index (χ1v) is 4.85. The molecule has 1 fully saturated rings. The molecular weight excluding hydrogens is 178 g/mol. The van der Waals surface area contributed by atoms with Gasteiger partial charge in [0.2, 0.25) is 5.91 Å². The minimum absolute atomic E-state index is 0.155. The Morgan fingerprint density at radius 3 is 2.71 bits per heavy atom. The smallest absolute Gasteiger partial charge is 0.246 e. The molecule has 1 aliphatic rings. The predicted molar refractivity (Wildman–Crippen MR) is 51.7 cm³/mol. The standard InChI is InChI=1S/C11H13NO2/c13-11-8-4-7-10(12(11)14)9-5-2-1-3-6-9/h1-3,5-6,10,14H,4,7-8H2/t10-/m1/s1. The highest BCUT2D eigenvalue weighted by molar-refractivity contribution is 5.76. The topological polar surface area (TPSA) is 40.5 Å². The highest BCUT2D eigenvalue weighted by Crippen LogP contribution is 2.29. The lowest BCUT2D eigenvalue weighted by Gasteiger charge is -2.30. The zero-order valence-electron chi connectivity index (χ0n) is 7.89. The number of rotatable bonds is 1. The van der Waals surface area contributed by atoms with E-state index in [4.69, 9.17) is 0 Å². The lowest BCUT2D eigenvalue weighted by molar-refractivity contribution is -0.183. The number of carbonyl (C=O) groups excluding carboxylic acids is 1. The van der Waals surface area contributed by atoms with Gasteiger partial charge in [0.25, 0.3) is 0 Å². The Bertz CT molecular complexity index is 323. The van der Waals surface area contributed by atoms with E-state index in [1.165, 1.54) is 0 Å². The fraction of sp³-hybridized carbons (Fsp3) is 0.364. The summed E-state index contributed by atoms with van der Waals surface area (Å²) in [7, 11) is 0. The van der Waals surface area contributed by atoms with E-state index in [1.54, 1.807) is 0 Å². The molecule has 2 rings (SSSR count). The molecule has 74 valence electrons. The van der Waals surface area contributed by atoms with Crippen LogP contribution < -0.4 is 0 Å². The van der Waals surface area contributed by atoms with Gasteiger partial charge in [0.1, 0.15) is 0 Å². The van der Waals surface area contributed by atoms with Gasteiger partial charge in [-0.2, -0.15) is 0 Å². The van der Waals surface area contributed by atoms with Crippen molar-refractivity contribution in [1.82, 2.24) is 5.06 Å². The van der Waals surface area contributed by atoms with Gasteiger partial charge in [-0.25, -0.2) is 5.06 Å². The summed E-state index contributed by atoms with van der Waals surface area (Å²) in [5.41, 5.74) is 1.00. The van der Waals surface area contributed by atoms with E-state index in [1.807, 2.05) is 30.3 Å². The molecule has 1 aliphatic heterocycles. The van der Waals surface area contributed by atoms with Crippen LogP contribution in [0.2, 0.25) is 0 Å². The van der Waals surface area contributed by atoms with Crippen molar-refractivity contribution in [3.63, 3.8) is 0 Å². The highest BCUT2D eigenvalue weighted by atomic mass is 16.5. The van der Waals surface area contributed by atoms with Gasteiger partial charge < -0.3 is 0 Å². The van der Waals surface area contributed by atoms with Crippen LogP contribution in [0.5, 0.6) is 0 Å². The van der Waals surface area contributed by atoms with Gasteiger partial charge in [0, 0.05) is 6.42 Å². The van der Waals surface area contributed by atoms with E-state index in [-0.39, 0.29) is 11.9 Å². The third-order valence-electron chi connectivity index (χ3n) is 2.60. The quantitative estimate of drug-likeness (QED) is 0.691. The minimum atomic E-state index is -0.176. The van der Waals surface area contributed by atoms with Crippen molar-refractivity contribution in [3.05, 3.63) is 35.9 Å². The van der Waals surface area contributed by atoms with Crippen LogP contribution in [0, 0.1) is 0 Å². The first kappa shape index (κ1) is 9.21. The highest BCUT2D eigenvalue weighted by Gasteiger charge is 2.27. The van der Waals surface area contributed by atoms with Crippen molar-refractivity contribution >= 4 is 5.91 Å². The van der Waals surface area contributed by atoms with Crippen LogP contribution in [0.3, 0.4) is 0 Å². The Labute approximate surface area is 82.9 Å². The molecule has 1 aromatic carbocycles. The van der Waals surface area contributed by atoms with Crippen LogP contribution in [0.4, 0.5) is 0 Å². The summed E-state index contributed by atoms with van der Waals surface area (Å²) < 4.78 is 0. The van der Waals surface area contributed by atoms with Gasteiger partial charge in [-0.05, 0) is 18.4 Å². The summed E-state index contributed by atoms with van der Waals surface area (Å²) in [6.45, 7) is 0. The maximum Gasteiger partial charge on any atom is 0.246 e. The summed E-state index contributed by atoms with van der Waals surface area (Å²) in [6, 6.07) is 9.48. The van der Waals surface area contributed by atoms with Crippen LogP contribution in [0.15, 0.2) is 30.3 Å². The molecule has 1 N–H and O–H groups in total.